The highest BCUT2D eigenvalue weighted by Gasteiger charge is 2.12. The molecule has 27 heavy (non-hydrogen) atoms. The van der Waals surface area contributed by atoms with Crippen LogP contribution in [0.25, 0.3) is 0 Å². The van der Waals surface area contributed by atoms with E-state index in [1.54, 1.807) is 24.2 Å². The van der Waals surface area contributed by atoms with Gasteiger partial charge < -0.3 is 15.1 Å². The number of carbonyl (C=O) groups is 1. The van der Waals surface area contributed by atoms with Crippen molar-refractivity contribution < 1.29 is 4.79 Å². The second-order valence-electron chi connectivity index (χ2n) is 6.65. The van der Waals surface area contributed by atoms with Gasteiger partial charge in [0.25, 0.3) is 5.91 Å². The molecule has 138 valence electrons. The lowest BCUT2D eigenvalue weighted by atomic mass is 10.2. The molecule has 0 spiro atoms. The van der Waals surface area contributed by atoms with E-state index in [4.69, 9.17) is 0 Å². The smallest absolute Gasteiger partial charge is 0.255 e. The Balaban J connectivity index is 1.63. The van der Waals surface area contributed by atoms with Gasteiger partial charge in [0.05, 0.1) is 5.56 Å². The van der Waals surface area contributed by atoms with Crippen molar-refractivity contribution in [1.82, 2.24) is 9.88 Å². The molecule has 0 fully saturated rings. The maximum absolute atomic E-state index is 12.6. The lowest BCUT2D eigenvalue weighted by Crippen LogP contribution is -2.26. The molecular formula is C22H24N4O. The molecule has 0 bridgehead atoms. The molecule has 1 aromatic heterocycles. The van der Waals surface area contributed by atoms with E-state index in [0.717, 1.165) is 16.9 Å². The lowest BCUT2D eigenvalue weighted by molar-refractivity contribution is 0.0784. The Morgan fingerprint density at radius 2 is 1.63 bits per heavy atom. The largest absolute Gasteiger partial charge is 0.378 e. The molecule has 2 aromatic carbocycles. The minimum Gasteiger partial charge on any atom is -0.378 e. The molecule has 0 aliphatic carbocycles. The van der Waals surface area contributed by atoms with Gasteiger partial charge in [0.2, 0.25) is 0 Å². The van der Waals surface area contributed by atoms with Crippen LogP contribution >= 0.6 is 0 Å². The molecule has 5 nitrogen and oxygen atoms in total. The fourth-order valence-corrected chi connectivity index (χ4v) is 2.73. The van der Waals surface area contributed by atoms with Gasteiger partial charge in [-0.2, -0.15) is 0 Å². The van der Waals surface area contributed by atoms with Gasteiger partial charge >= 0.3 is 0 Å². The van der Waals surface area contributed by atoms with Crippen molar-refractivity contribution in [1.29, 1.82) is 0 Å². The molecule has 0 saturated heterocycles. The van der Waals surface area contributed by atoms with Crippen LogP contribution in [0.2, 0.25) is 0 Å². The maximum Gasteiger partial charge on any atom is 0.255 e. The molecule has 0 aliphatic heterocycles. The van der Waals surface area contributed by atoms with Crippen LogP contribution in [0.4, 0.5) is 17.2 Å². The van der Waals surface area contributed by atoms with Crippen molar-refractivity contribution in [2.24, 2.45) is 0 Å². The zero-order chi connectivity index (χ0) is 19.2. The summed E-state index contributed by atoms with van der Waals surface area (Å²) in [6, 6.07) is 21.6. The van der Waals surface area contributed by atoms with Gasteiger partial charge in [0, 0.05) is 45.3 Å². The first kappa shape index (κ1) is 18.5. The lowest BCUT2D eigenvalue weighted by Gasteiger charge is -2.17. The molecule has 0 radical (unpaired) electrons. The predicted molar refractivity (Wildman–Crippen MR) is 111 cm³/mol. The molecule has 1 N–H and O–H groups in total. The summed E-state index contributed by atoms with van der Waals surface area (Å²) in [4.78, 5) is 20.7. The third-order valence-corrected chi connectivity index (χ3v) is 4.28. The molecule has 1 amide bonds. The zero-order valence-corrected chi connectivity index (χ0v) is 15.9. The summed E-state index contributed by atoms with van der Waals surface area (Å²) in [5.41, 5.74) is 3.76. The number of carbonyl (C=O) groups excluding carboxylic acids is 1. The molecular weight excluding hydrogens is 336 g/mol. The van der Waals surface area contributed by atoms with Gasteiger partial charge in [-0.15, -0.1) is 0 Å². The van der Waals surface area contributed by atoms with E-state index in [1.165, 1.54) is 0 Å². The van der Waals surface area contributed by atoms with Crippen LogP contribution in [0.5, 0.6) is 0 Å². The standard InChI is InChI=1S/C22H24N4O/c1-25(2)20-12-10-19(11-13-20)24-21-14-9-18(15-23-21)22(27)26(3)16-17-7-5-4-6-8-17/h4-15H,16H2,1-3H3,(H,23,24). The Morgan fingerprint density at radius 1 is 0.926 bits per heavy atom. The van der Waals surface area contributed by atoms with Gasteiger partial charge in [-0.3, -0.25) is 4.79 Å². The van der Waals surface area contributed by atoms with E-state index in [-0.39, 0.29) is 5.91 Å². The normalized spacial score (nSPS) is 10.3. The van der Waals surface area contributed by atoms with Crippen molar-refractivity contribution in [3.8, 4) is 0 Å². The number of amides is 1. The highest BCUT2D eigenvalue weighted by Crippen LogP contribution is 2.19. The van der Waals surface area contributed by atoms with E-state index >= 15 is 0 Å². The van der Waals surface area contributed by atoms with Crippen LogP contribution in [-0.2, 0) is 6.54 Å². The number of pyridine rings is 1. The Labute approximate surface area is 160 Å². The van der Waals surface area contributed by atoms with Crippen molar-refractivity contribution in [3.63, 3.8) is 0 Å². The number of nitrogens with one attached hydrogen (secondary N) is 1. The first-order valence-corrected chi connectivity index (χ1v) is 8.83. The molecule has 0 saturated carbocycles. The van der Waals surface area contributed by atoms with Crippen LogP contribution in [0, 0.1) is 0 Å². The average molecular weight is 360 g/mol. The predicted octanol–water partition coefficient (Wildman–Crippen LogP) is 4.16. The summed E-state index contributed by atoms with van der Waals surface area (Å²) in [6.07, 6.45) is 1.61. The average Bonchev–Trinajstić information content (AvgIpc) is 2.69. The minimum absolute atomic E-state index is 0.0479. The van der Waals surface area contributed by atoms with Crippen LogP contribution in [-0.4, -0.2) is 36.9 Å². The summed E-state index contributed by atoms with van der Waals surface area (Å²) >= 11 is 0. The van der Waals surface area contributed by atoms with Gasteiger partial charge in [0.1, 0.15) is 5.82 Å². The number of rotatable bonds is 6. The fraction of sp³-hybridized carbons (Fsp3) is 0.182. The van der Waals surface area contributed by atoms with Gasteiger partial charge in [-0.05, 0) is 42.0 Å². The highest BCUT2D eigenvalue weighted by atomic mass is 16.2. The van der Waals surface area contributed by atoms with E-state index in [0.29, 0.717) is 17.9 Å². The van der Waals surface area contributed by atoms with Gasteiger partial charge in [-0.1, -0.05) is 30.3 Å². The van der Waals surface area contributed by atoms with Crippen LogP contribution in [0.1, 0.15) is 15.9 Å². The molecule has 5 heteroatoms. The van der Waals surface area contributed by atoms with Gasteiger partial charge in [-0.25, -0.2) is 4.98 Å². The van der Waals surface area contributed by atoms with Crippen molar-refractivity contribution in [3.05, 3.63) is 84.1 Å². The van der Waals surface area contributed by atoms with E-state index in [1.807, 2.05) is 79.7 Å². The zero-order valence-electron chi connectivity index (χ0n) is 15.9. The number of nitrogens with zero attached hydrogens (tertiary/aromatic N) is 3. The maximum atomic E-state index is 12.6. The molecule has 0 atom stereocenters. The van der Waals surface area contributed by atoms with Crippen LogP contribution in [0.15, 0.2) is 72.9 Å². The van der Waals surface area contributed by atoms with Crippen molar-refractivity contribution in [2.45, 2.75) is 6.54 Å². The second-order valence-corrected chi connectivity index (χ2v) is 6.65. The summed E-state index contributed by atoms with van der Waals surface area (Å²) in [6.45, 7) is 0.567. The number of benzene rings is 2. The monoisotopic (exact) mass is 360 g/mol. The first-order valence-electron chi connectivity index (χ1n) is 8.83. The number of hydrogen-bond donors (Lipinski definition) is 1. The summed E-state index contributed by atoms with van der Waals surface area (Å²) < 4.78 is 0. The Kier molecular flexibility index (Phi) is 5.71. The van der Waals surface area contributed by atoms with Crippen LogP contribution in [0.3, 0.4) is 0 Å². The third-order valence-electron chi connectivity index (χ3n) is 4.28. The summed E-state index contributed by atoms with van der Waals surface area (Å²) in [5.74, 6) is 0.656. The number of anilines is 3. The van der Waals surface area contributed by atoms with E-state index < -0.39 is 0 Å². The minimum atomic E-state index is -0.0479. The molecule has 0 aliphatic rings. The first-order chi connectivity index (χ1) is 13.0. The third kappa shape index (κ3) is 4.85. The van der Waals surface area contributed by atoms with E-state index in [2.05, 4.69) is 10.3 Å². The topological polar surface area (TPSA) is 48.5 Å². The Morgan fingerprint density at radius 3 is 2.22 bits per heavy atom. The summed E-state index contributed by atoms with van der Waals surface area (Å²) in [5, 5.41) is 3.25. The van der Waals surface area contributed by atoms with Crippen molar-refractivity contribution in [2.75, 3.05) is 31.4 Å². The molecule has 0 unspecified atom stereocenters. The molecule has 3 aromatic rings. The Hall–Kier alpha value is -3.34. The fourth-order valence-electron chi connectivity index (χ4n) is 2.73. The molecule has 1 heterocycles. The highest BCUT2D eigenvalue weighted by molar-refractivity contribution is 5.94. The van der Waals surface area contributed by atoms with E-state index in [9.17, 15) is 4.79 Å². The number of hydrogen-bond acceptors (Lipinski definition) is 4. The van der Waals surface area contributed by atoms with Crippen LogP contribution < -0.4 is 10.2 Å². The quantitative estimate of drug-likeness (QED) is 0.717. The summed E-state index contributed by atoms with van der Waals surface area (Å²) in [7, 11) is 5.82. The van der Waals surface area contributed by atoms with Gasteiger partial charge in [0.15, 0.2) is 0 Å². The molecule has 3 rings (SSSR count). The SMILES string of the molecule is CN(Cc1ccccc1)C(=O)c1ccc(Nc2ccc(N(C)C)cc2)nc1. The Bertz CT molecular complexity index is 874. The number of aromatic nitrogens is 1. The second kappa shape index (κ2) is 8.36. The van der Waals surface area contributed by atoms with Crippen molar-refractivity contribution >= 4 is 23.1 Å².